The van der Waals surface area contributed by atoms with E-state index in [4.69, 9.17) is 0 Å². The molecule has 0 spiro atoms. The minimum atomic E-state index is -0.0811. The molecule has 1 saturated heterocycles. The fourth-order valence-electron chi connectivity index (χ4n) is 2.65. The molecule has 1 aliphatic heterocycles. The van der Waals surface area contributed by atoms with Gasteiger partial charge in [0.2, 0.25) is 0 Å². The van der Waals surface area contributed by atoms with Gasteiger partial charge in [-0.2, -0.15) is 0 Å². The minimum Gasteiger partial charge on any atom is -0.396 e. The van der Waals surface area contributed by atoms with Crippen molar-refractivity contribution in [1.29, 1.82) is 0 Å². The first kappa shape index (κ1) is 15.8. The van der Waals surface area contributed by atoms with Gasteiger partial charge < -0.3 is 20.6 Å². The third kappa shape index (κ3) is 4.19. The molecule has 2 atom stereocenters. The maximum Gasteiger partial charge on any atom is 0.321 e. The Morgan fingerprint density at radius 1 is 1.52 bits per heavy atom. The van der Waals surface area contributed by atoms with Crippen LogP contribution >= 0.6 is 0 Å². The molecule has 21 heavy (non-hydrogen) atoms. The Labute approximate surface area is 126 Å². The summed E-state index contributed by atoms with van der Waals surface area (Å²) < 4.78 is 0. The Kier molecular flexibility index (Phi) is 5.59. The highest BCUT2D eigenvalue weighted by Crippen LogP contribution is 2.19. The molecular formula is C16H25N3O2. The van der Waals surface area contributed by atoms with Crippen LogP contribution in [0.2, 0.25) is 0 Å². The maximum absolute atomic E-state index is 12.3. The van der Waals surface area contributed by atoms with E-state index in [-0.39, 0.29) is 24.6 Å². The van der Waals surface area contributed by atoms with Gasteiger partial charge in [0, 0.05) is 31.4 Å². The number of amides is 2. The summed E-state index contributed by atoms with van der Waals surface area (Å²) in [4.78, 5) is 14.1. The van der Waals surface area contributed by atoms with Gasteiger partial charge in [0.05, 0.1) is 0 Å². The lowest BCUT2D eigenvalue weighted by Gasteiger charge is -2.31. The number of hydrogen-bond acceptors (Lipinski definition) is 3. The van der Waals surface area contributed by atoms with E-state index < -0.39 is 0 Å². The second-order valence-electron chi connectivity index (χ2n) is 5.70. The van der Waals surface area contributed by atoms with Crippen molar-refractivity contribution in [2.75, 3.05) is 32.1 Å². The van der Waals surface area contributed by atoms with Crippen molar-refractivity contribution in [3.05, 3.63) is 29.8 Å². The van der Waals surface area contributed by atoms with Crippen molar-refractivity contribution < 1.29 is 9.90 Å². The molecule has 1 fully saturated rings. The molecule has 0 bridgehead atoms. The van der Waals surface area contributed by atoms with Gasteiger partial charge in [0.1, 0.15) is 0 Å². The summed E-state index contributed by atoms with van der Waals surface area (Å²) >= 11 is 0. The first-order valence-corrected chi connectivity index (χ1v) is 7.58. The topological polar surface area (TPSA) is 64.6 Å². The molecule has 3 N–H and O–H groups in total. The third-order valence-corrected chi connectivity index (χ3v) is 4.14. The Balaban J connectivity index is 1.99. The van der Waals surface area contributed by atoms with E-state index in [1.54, 1.807) is 4.90 Å². The zero-order valence-electron chi connectivity index (χ0n) is 12.8. The van der Waals surface area contributed by atoms with Crippen molar-refractivity contribution in [1.82, 2.24) is 10.2 Å². The smallest absolute Gasteiger partial charge is 0.321 e. The number of nitrogens with one attached hydrogen (secondary N) is 2. The lowest BCUT2D eigenvalue weighted by Crippen LogP contribution is -2.43. The molecule has 0 aliphatic carbocycles. The number of aliphatic hydroxyl groups excluding tert-OH is 1. The number of anilines is 1. The van der Waals surface area contributed by atoms with Crippen LogP contribution in [0.15, 0.2) is 24.3 Å². The Morgan fingerprint density at radius 3 is 3.05 bits per heavy atom. The van der Waals surface area contributed by atoms with Crippen LogP contribution < -0.4 is 10.6 Å². The fourth-order valence-corrected chi connectivity index (χ4v) is 2.65. The molecule has 1 heterocycles. The molecule has 2 amide bonds. The van der Waals surface area contributed by atoms with E-state index >= 15 is 0 Å². The normalized spacial score (nSPS) is 20.1. The average molecular weight is 291 g/mol. The summed E-state index contributed by atoms with van der Waals surface area (Å²) in [5.74, 6) is 0.208. The summed E-state index contributed by atoms with van der Waals surface area (Å²) in [5.41, 5.74) is 1.95. The molecule has 116 valence electrons. The van der Waals surface area contributed by atoms with Gasteiger partial charge in [-0.3, -0.25) is 0 Å². The predicted octanol–water partition coefficient (Wildman–Crippen LogP) is 2.20. The molecule has 2 unspecified atom stereocenters. The Morgan fingerprint density at radius 2 is 2.33 bits per heavy atom. The molecule has 0 radical (unpaired) electrons. The number of nitrogens with zero attached hydrogens (tertiary/aromatic N) is 1. The van der Waals surface area contributed by atoms with Crippen molar-refractivity contribution in [2.45, 2.75) is 25.8 Å². The van der Waals surface area contributed by atoms with Crippen molar-refractivity contribution >= 4 is 11.7 Å². The van der Waals surface area contributed by atoms with Crippen LogP contribution in [0.3, 0.4) is 0 Å². The molecular weight excluding hydrogens is 266 g/mol. The van der Waals surface area contributed by atoms with E-state index in [2.05, 4.69) is 17.6 Å². The minimum absolute atomic E-state index is 0.0811. The number of carbonyl (C=O) groups excluding carboxylic acids is 1. The van der Waals surface area contributed by atoms with Crippen molar-refractivity contribution in [2.24, 2.45) is 5.92 Å². The van der Waals surface area contributed by atoms with Crippen molar-refractivity contribution in [3.63, 3.8) is 0 Å². The van der Waals surface area contributed by atoms with E-state index in [1.807, 2.05) is 31.3 Å². The largest absolute Gasteiger partial charge is 0.396 e. The molecule has 1 aliphatic rings. The highest BCUT2D eigenvalue weighted by atomic mass is 16.3. The van der Waals surface area contributed by atoms with Gasteiger partial charge in [-0.1, -0.05) is 12.1 Å². The molecule has 1 aromatic carbocycles. The molecule has 5 heteroatoms. The zero-order valence-corrected chi connectivity index (χ0v) is 12.8. The van der Waals surface area contributed by atoms with E-state index in [1.165, 1.54) is 0 Å². The van der Waals surface area contributed by atoms with Crippen LogP contribution in [0.4, 0.5) is 10.5 Å². The highest BCUT2D eigenvalue weighted by molar-refractivity contribution is 5.89. The van der Waals surface area contributed by atoms with Gasteiger partial charge in [-0.15, -0.1) is 0 Å². The summed E-state index contributed by atoms with van der Waals surface area (Å²) in [6.07, 6.45) is 1.95. The monoisotopic (exact) mass is 291 g/mol. The number of likely N-dealkylation sites (tertiary alicyclic amines) is 1. The average Bonchev–Trinajstić information content (AvgIpc) is 2.54. The number of benzene rings is 1. The first-order chi connectivity index (χ1) is 10.1. The lowest BCUT2D eigenvalue weighted by molar-refractivity contribution is 0.136. The quantitative estimate of drug-likeness (QED) is 0.797. The summed E-state index contributed by atoms with van der Waals surface area (Å²) in [7, 11) is 1.92. The van der Waals surface area contributed by atoms with Gasteiger partial charge >= 0.3 is 6.03 Å². The van der Waals surface area contributed by atoms with Crippen molar-refractivity contribution in [3.8, 4) is 0 Å². The Hall–Kier alpha value is -1.59. The van der Waals surface area contributed by atoms with Crippen LogP contribution in [0.5, 0.6) is 0 Å². The SMILES string of the molecule is CNC(C)c1cccc(NC(=O)N2CCCC(CO)C2)c1. The van der Waals surface area contributed by atoms with E-state index in [0.29, 0.717) is 6.54 Å². The standard InChI is InChI=1S/C16H25N3O2/c1-12(17-2)14-6-3-7-15(9-14)18-16(21)19-8-4-5-13(10-19)11-20/h3,6-7,9,12-13,17,20H,4-5,8,10-11H2,1-2H3,(H,18,21). The molecule has 0 aromatic heterocycles. The number of hydrogen-bond donors (Lipinski definition) is 3. The van der Waals surface area contributed by atoms with Crippen LogP contribution in [-0.2, 0) is 0 Å². The van der Waals surface area contributed by atoms with Gasteiger partial charge in [-0.05, 0) is 50.4 Å². The molecule has 1 aromatic rings. The summed E-state index contributed by atoms with van der Waals surface area (Å²) in [5, 5.41) is 15.4. The molecule has 0 saturated carbocycles. The highest BCUT2D eigenvalue weighted by Gasteiger charge is 2.23. The Bertz CT molecular complexity index is 478. The summed E-state index contributed by atoms with van der Waals surface area (Å²) in [6.45, 7) is 3.63. The first-order valence-electron chi connectivity index (χ1n) is 7.58. The van der Waals surface area contributed by atoms with E-state index in [0.717, 1.165) is 30.6 Å². The van der Waals surface area contributed by atoms with Crippen LogP contribution in [0, 0.1) is 5.92 Å². The second-order valence-corrected chi connectivity index (χ2v) is 5.70. The predicted molar refractivity (Wildman–Crippen MR) is 84.3 cm³/mol. The van der Waals surface area contributed by atoms with Gasteiger partial charge in [-0.25, -0.2) is 4.79 Å². The molecule has 5 nitrogen and oxygen atoms in total. The maximum atomic E-state index is 12.3. The van der Waals surface area contributed by atoms with Crippen LogP contribution in [0.1, 0.15) is 31.4 Å². The second kappa shape index (κ2) is 7.43. The number of rotatable bonds is 4. The van der Waals surface area contributed by atoms with E-state index in [9.17, 15) is 9.90 Å². The van der Waals surface area contributed by atoms with Gasteiger partial charge in [0.25, 0.3) is 0 Å². The zero-order chi connectivity index (χ0) is 15.2. The number of carbonyl (C=O) groups is 1. The number of piperidine rings is 1. The summed E-state index contributed by atoms with van der Waals surface area (Å²) in [6, 6.07) is 8.05. The number of urea groups is 1. The van der Waals surface area contributed by atoms with Crippen LogP contribution in [0.25, 0.3) is 0 Å². The third-order valence-electron chi connectivity index (χ3n) is 4.14. The molecule has 2 rings (SSSR count). The number of aliphatic hydroxyl groups is 1. The lowest BCUT2D eigenvalue weighted by atomic mass is 9.99. The fraction of sp³-hybridized carbons (Fsp3) is 0.562. The van der Waals surface area contributed by atoms with Crippen LogP contribution in [-0.4, -0.2) is 42.8 Å². The van der Waals surface area contributed by atoms with Gasteiger partial charge in [0.15, 0.2) is 0 Å².